The van der Waals surface area contributed by atoms with Crippen LogP contribution in [0.5, 0.6) is 0 Å². The predicted molar refractivity (Wildman–Crippen MR) is 64.1 cm³/mol. The number of oxime groups is 1. The molecular weight excluding hydrogens is 224 g/mol. The fraction of sp³-hybridized carbons (Fsp3) is 0. The van der Waals surface area contributed by atoms with Crippen LogP contribution in [-0.2, 0) is 0 Å². The van der Waals surface area contributed by atoms with Gasteiger partial charge in [0.25, 0.3) is 0 Å². The molecule has 0 aliphatic carbocycles. The Hall–Kier alpha value is -1.87. The van der Waals surface area contributed by atoms with Crippen molar-refractivity contribution in [1.29, 1.82) is 0 Å². The van der Waals surface area contributed by atoms with Crippen molar-refractivity contribution in [3.05, 3.63) is 53.3 Å². The summed E-state index contributed by atoms with van der Waals surface area (Å²) in [5, 5.41) is 12.2. The summed E-state index contributed by atoms with van der Waals surface area (Å²) in [6.07, 6.45) is 4.74. The van der Waals surface area contributed by atoms with E-state index in [0.717, 1.165) is 11.1 Å². The number of rotatable bonds is 2. The zero-order chi connectivity index (χ0) is 11.4. The number of nitrogens with zero attached hydrogens (tertiary/aromatic N) is 2. The summed E-state index contributed by atoms with van der Waals surface area (Å²) in [7, 11) is 0. The van der Waals surface area contributed by atoms with Crippen LogP contribution in [0.3, 0.4) is 0 Å². The van der Waals surface area contributed by atoms with Crippen molar-refractivity contribution in [3.63, 3.8) is 0 Å². The fourth-order valence-electron chi connectivity index (χ4n) is 1.51. The molecule has 2 rings (SSSR count). The van der Waals surface area contributed by atoms with Crippen LogP contribution in [-0.4, -0.2) is 16.4 Å². The first-order chi connectivity index (χ1) is 7.83. The van der Waals surface area contributed by atoms with Gasteiger partial charge in [0, 0.05) is 18.0 Å². The van der Waals surface area contributed by atoms with E-state index in [0.29, 0.717) is 10.6 Å². The largest absolute Gasteiger partial charge is 0.411 e. The van der Waals surface area contributed by atoms with Crippen molar-refractivity contribution in [1.82, 2.24) is 4.98 Å². The molecule has 80 valence electrons. The van der Waals surface area contributed by atoms with Crippen molar-refractivity contribution in [2.45, 2.75) is 0 Å². The first-order valence-corrected chi connectivity index (χ1v) is 5.07. The van der Waals surface area contributed by atoms with Crippen LogP contribution in [0.4, 0.5) is 0 Å². The van der Waals surface area contributed by atoms with Gasteiger partial charge < -0.3 is 5.21 Å². The average molecular weight is 233 g/mol. The average Bonchev–Trinajstić information content (AvgIpc) is 2.33. The molecule has 0 saturated carbocycles. The number of hydrogen-bond donors (Lipinski definition) is 1. The molecule has 0 atom stereocenters. The van der Waals surface area contributed by atoms with Gasteiger partial charge in [-0.05, 0) is 29.3 Å². The Labute approximate surface area is 98.0 Å². The summed E-state index contributed by atoms with van der Waals surface area (Å²) in [5.41, 5.74) is 2.58. The molecule has 2 aromatic rings. The lowest BCUT2D eigenvalue weighted by Crippen LogP contribution is -1.89. The Bertz CT molecular complexity index is 512. The van der Waals surface area contributed by atoms with Crippen LogP contribution in [0.2, 0.25) is 5.02 Å². The summed E-state index contributed by atoms with van der Waals surface area (Å²) in [5.74, 6) is 0. The minimum atomic E-state index is 0.548. The van der Waals surface area contributed by atoms with E-state index in [1.807, 2.05) is 24.3 Å². The molecule has 0 spiro atoms. The predicted octanol–water partition coefficient (Wildman–Crippen LogP) is 3.21. The number of halogens is 1. The summed E-state index contributed by atoms with van der Waals surface area (Å²) in [4.78, 5) is 3.95. The first kappa shape index (κ1) is 10.6. The van der Waals surface area contributed by atoms with E-state index in [2.05, 4.69) is 10.1 Å². The van der Waals surface area contributed by atoms with Gasteiger partial charge in [-0.15, -0.1) is 0 Å². The Kier molecular flexibility index (Phi) is 3.17. The standard InChI is InChI=1S/C12H9ClN2O/c13-12-3-1-2-10(11(12)8-15-16)9-4-6-14-7-5-9/h1-8,16H/b15-8-. The van der Waals surface area contributed by atoms with Crippen molar-refractivity contribution >= 4 is 17.8 Å². The van der Waals surface area contributed by atoms with E-state index in [9.17, 15) is 0 Å². The molecule has 1 aromatic heterocycles. The van der Waals surface area contributed by atoms with E-state index < -0.39 is 0 Å². The van der Waals surface area contributed by atoms with E-state index >= 15 is 0 Å². The third-order valence-electron chi connectivity index (χ3n) is 2.23. The van der Waals surface area contributed by atoms with Crippen molar-refractivity contribution in [2.24, 2.45) is 5.16 Å². The quantitative estimate of drug-likeness (QED) is 0.491. The third kappa shape index (κ3) is 2.04. The number of pyridine rings is 1. The van der Waals surface area contributed by atoms with E-state index in [1.54, 1.807) is 18.5 Å². The molecule has 1 aromatic carbocycles. The number of hydrogen-bond acceptors (Lipinski definition) is 3. The lowest BCUT2D eigenvalue weighted by Gasteiger charge is -2.06. The summed E-state index contributed by atoms with van der Waals surface area (Å²) in [6.45, 7) is 0. The molecule has 0 bridgehead atoms. The molecule has 4 heteroatoms. The number of aromatic nitrogens is 1. The second-order valence-electron chi connectivity index (χ2n) is 3.18. The maximum Gasteiger partial charge on any atom is 0.0755 e. The van der Waals surface area contributed by atoms with Crippen molar-refractivity contribution in [3.8, 4) is 11.1 Å². The van der Waals surface area contributed by atoms with Gasteiger partial charge in [-0.2, -0.15) is 0 Å². The van der Waals surface area contributed by atoms with Crippen LogP contribution in [0.1, 0.15) is 5.56 Å². The molecule has 0 aliphatic rings. The minimum absolute atomic E-state index is 0.548. The van der Waals surface area contributed by atoms with E-state index in [-0.39, 0.29) is 0 Å². The van der Waals surface area contributed by atoms with Crippen LogP contribution in [0.15, 0.2) is 47.9 Å². The first-order valence-electron chi connectivity index (χ1n) is 4.69. The van der Waals surface area contributed by atoms with E-state index in [1.165, 1.54) is 6.21 Å². The third-order valence-corrected chi connectivity index (χ3v) is 2.56. The molecular formula is C12H9ClN2O. The Morgan fingerprint density at radius 1 is 1.19 bits per heavy atom. The molecule has 16 heavy (non-hydrogen) atoms. The lowest BCUT2D eigenvalue weighted by atomic mass is 10.0. The second-order valence-corrected chi connectivity index (χ2v) is 3.59. The molecule has 0 radical (unpaired) electrons. The van der Waals surface area contributed by atoms with Crippen LogP contribution < -0.4 is 0 Å². The van der Waals surface area contributed by atoms with Crippen molar-refractivity contribution < 1.29 is 5.21 Å². The van der Waals surface area contributed by atoms with Crippen LogP contribution in [0, 0.1) is 0 Å². The molecule has 0 saturated heterocycles. The number of benzene rings is 1. The molecule has 1 N–H and O–H groups in total. The Morgan fingerprint density at radius 3 is 2.62 bits per heavy atom. The molecule has 0 fully saturated rings. The highest BCUT2D eigenvalue weighted by Crippen LogP contribution is 2.27. The smallest absolute Gasteiger partial charge is 0.0755 e. The highest BCUT2D eigenvalue weighted by molar-refractivity contribution is 6.33. The molecule has 1 heterocycles. The zero-order valence-electron chi connectivity index (χ0n) is 8.34. The van der Waals surface area contributed by atoms with Gasteiger partial charge in [-0.1, -0.05) is 28.9 Å². The second kappa shape index (κ2) is 4.77. The SMILES string of the molecule is O/N=C\c1c(Cl)cccc1-c1ccncc1. The Balaban J connectivity index is 2.61. The van der Waals surface area contributed by atoms with Gasteiger partial charge in [0.15, 0.2) is 0 Å². The molecule has 0 unspecified atom stereocenters. The van der Waals surface area contributed by atoms with E-state index in [4.69, 9.17) is 16.8 Å². The maximum absolute atomic E-state index is 8.61. The highest BCUT2D eigenvalue weighted by Gasteiger charge is 2.06. The fourth-order valence-corrected chi connectivity index (χ4v) is 1.73. The monoisotopic (exact) mass is 232 g/mol. The summed E-state index contributed by atoms with van der Waals surface area (Å²) >= 11 is 6.04. The van der Waals surface area contributed by atoms with Crippen LogP contribution in [0.25, 0.3) is 11.1 Å². The van der Waals surface area contributed by atoms with Gasteiger partial charge in [0.2, 0.25) is 0 Å². The molecule has 0 amide bonds. The minimum Gasteiger partial charge on any atom is -0.411 e. The molecule has 0 aliphatic heterocycles. The topological polar surface area (TPSA) is 45.5 Å². The van der Waals surface area contributed by atoms with Crippen LogP contribution >= 0.6 is 11.6 Å². The zero-order valence-corrected chi connectivity index (χ0v) is 9.09. The van der Waals surface area contributed by atoms with Gasteiger partial charge in [-0.25, -0.2) is 0 Å². The lowest BCUT2D eigenvalue weighted by molar-refractivity contribution is 0.322. The van der Waals surface area contributed by atoms with Gasteiger partial charge in [-0.3, -0.25) is 4.98 Å². The van der Waals surface area contributed by atoms with Gasteiger partial charge in [0.1, 0.15) is 0 Å². The molecule has 3 nitrogen and oxygen atoms in total. The van der Waals surface area contributed by atoms with Crippen molar-refractivity contribution in [2.75, 3.05) is 0 Å². The van der Waals surface area contributed by atoms with Gasteiger partial charge in [0.05, 0.1) is 11.2 Å². The van der Waals surface area contributed by atoms with Gasteiger partial charge >= 0.3 is 0 Å². The summed E-state index contributed by atoms with van der Waals surface area (Å²) in [6, 6.07) is 9.27. The Morgan fingerprint density at radius 2 is 1.94 bits per heavy atom. The normalized spacial score (nSPS) is 10.8. The summed E-state index contributed by atoms with van der Waals surface area (Å²) < 4.78 is 0. The highest BCUT2D eigenvalue weighted by atomic mass is 35.5. The maximum atomic E-state index is 8.61.